The summed E-state index contributed by atoms with van der Waals surface area (Å²) >= 11 is 0. The van der Waals surface area contributed by atoms with Gasteiger partial charge in [0.15, 0.2) is 0 Å². The zero-order chi connectivity index (χ0) is 17.8. The van der Waals surface area contributed by atoms with Gasteiger partial charge in [-0.25, -0.2) is 4.79 Å². The van der Waals surface area contributed by atoms with Gasteiger partial charge in [-0.3, -0.25) is 9.69 Å². The first-order valence-corrected chi connectivity index (χ1v) is 8.72. The number of hydrogen-bond donors (Lipinski definition) is 2. The summed E-state index contributed by atoms with van der Waals surface area (Å²) in [6.45, 7) is 7.60. The van der Waals surface area contributed by atoms with Gasteiger partial charge in [0.25, 0.3) is 0 Å². The number of carbonyl (C=O) groups excluding carboxylic acids is 2. The summed E-state index contributed by atoms with van der Waals surface area (Å²) in [5.41, 5.74) is -0.896. The highest BCUT2D eigenvalue weighted by Gasteiger charge is 2.38. The monoisotopic (exact) mass is 342 g/mol. The van der Waals surface area contributed by atoms with Gasteiger partial charge in [-0.15, -0.1) is 0 Å². The molecule has 2 aliphatic rings. The molecule has 7 nitrogen and oxygen atoms in total. The number of hydrogen-bond acceptors (Lipinski definition) is 5. The number of rotatable bonds is 4. The number of carbonyl (C=O) groups is 2. The molecule has 0 radical (unpaired) electrons. The van der Waals surface area contributed by atoms with Crippen LogP contribution in [-0.4, -0.2) is 66.6 Å². The molecule has 0 spiro atoms. The predicted octanol–water partition coefficient (Wildman–Crippen LogP) is 1.29. The van der Waals surface area contributed by atoms with Gasteiger partial charge >= 0.3 is 6.09 Å². The Kier molecular flexibility index (Phi) is 6.09. The molecule has 0 aromatic heterocycles. The minimum absolute atomic E-state index is 0.0249. The van der Waals surface area contributed by atoms with Crippen LogP contribution in [0.3, 0.4) is 0 Å². The smallest absolute Gasteiger partial charge is 0.410 e. The van der Waals surface area contributed by atoms with Crippen molar-refractivity contribution in [1.82, 2.24) is 10.2 Å². The van der Waals surface area contributed by atoms with Gasteiger partial charge in [0.1, 0.15) is 11.6 Å². The lowest BCUT2D eigenvalue weighted by Gasteiger charge is -2.36. The number of ether oxygens (including phenoxy) is 2. The maximum absolute atomic E-state index is 12.6. The minimum atomic E-state index is -0.580. The summed E-state index contributed by atoms with van der Waals surface area (Å²) in [6, 6.07) is -0.490. The fourth-order valence-corrected chi connectivity index (χ4v) is 3.17. The molecule has 2 saturated heterocycles. The van der Waals surface area contributed by atoms with Crippen molar-refractivity contribution >= 4 is 12.0 Å². The van der Waals surface area contributed by atoms with E-state index in [2.05, 4.69) is 5.32 Å². The van der Waals surface area contributed by atoms with Crippen LogP contribution in [0.5, 0.6) is 0 Å². The Balaban J connectivity index is 1.92. The van der Waals surface area contributed by atoms with Crippen molar-refractivity contribution in [1.29, 1.82) is 0 Å². The van der Waals surface area contributed by atoms with E-state index in [-0.39, 0.29) is 17.9 Å². The Morgan fingerprint density at radius 3 is 2.58 bits per heavy atom. The number of likely N-dealkylation sites (tertiary alicyclic amines) is 1. The van der Waals surface area contributed by atoms with E-state index in [4.69, 9.17) is 9.47 Å². The Morgan fingerprint density at radius 1 is 1.33 bits per heavy atom. The molecule has 7 heteroatoms. The van der Waals surface area contributed by atoms with Crippen molar-refractivity contribution in [3.63, 3.8) is 0 Å². The lowest BCUT2D eigenvalue weighted by atomic mass is 9.81. The molecule has 0 aromatic rings. The molecular weight excluding hydrogens is 312 g/mol. The Hall–Kier alpha value is -1.34. The normalized spacial score (nSPS) is 23.8. The Labute approximate surface area is 143 Å². The van der Waals surface area contributed by atoms with Crippen LogP contribution in [0.15, 0.2) is 0 Å². The standard InChI is InChI=1S/C17H30N2O5/c1-16(2,3)24-15(22)19-8-4-5-13(19)14(21)18-11-17(12-20)6-9-23-10-7-17/h13,20H,4-12H2,1-3H3,(H,18,21). The lowest BCUT2D eigenvalue weighted by Crippen LogP contribution is -2.51. The van der Waals surface area contributed by atoms with Gasteiger partial charge < -0.3 is 19.9 Å². The molecular formula is C17H30N2O5. The summed E-state index contributed by atoms with van der Waals surface area (Å²) in [5, 5.41) is 12.6. The first-order valence-electron chi connectivity index (χ1n) is 8.72. The quantitative estimate of drug-likeness (QED) is 0.804. The molecule has 0 saturated carbocycles. The SMILES string of the molecule is CC(C)(C)OC(=O)N1CCCC1C(=O)NCC1(CO)CCOCC1. The second-order valence-corrected chi connectivity index (χ2v) is 7.82. The molecule has 0 aromatic carbocycles. The van der Waals surface area contributed by atoms with E-state index >= 15 is 0 Å². The van der Waals surface area contributed by atoms with Crippen molar-refractivity contribution in [3.8, 4) is 0 Å². The van der Waals surface area contributed by atoms with Crippen LogP contribution in [-0.2, 0) is 14.3 Å². The highest BCUT2D eigenvalue weighted by Crippen LogP contribution is 2.29. The first-order chi connectivity index (χ1) is 11.3. The van der Waals surface area contributed by atoms with Crippen LogP contribution in [0.4, 0.5) is 4.79 Å². The number of nitrogens with one attached hydrogen (secondary N) is 1. The molecule has 2 heterocycles. The summed E-state index contributed by atoms with van der Waals surface area (Å²) < 4.78 is 10.7. The van der Waals surface area contributed by atoms with Crippen LogP contribution in [0, 0.1) is 5.41 Å². The molecule has 138 valence electrons. The van der Waals surface area contributed by atoms with Gasteiger partial charge in [0.05, 0.1) is 6.61 Å². The van der Waals surface area contributed by atoms with Crippen LogP contribution >= 0.6 is 0 Å². The van der Waals surface area contributed by atoms with Crippen LogP contribution in [0.25, 0.3) is 0 Å². The van der Waals surface area contributed by atoms with E-state index in [1.54, 1.807) is 0 Å². The van der Waals surface area contributed by atoms with E-state index in [1.807, 2.05) is 20.8 Å². The lowest BCUT2D eigenvalue weighted by molar-refractivity contribution is -0.126. The zero-order valence-electron chi connectivity index (χ0n) is 15.0. The van der Waals surface area contributed by atoms with E-state index in [9.17, 15) is 14.7 Å². The van der Waals surface area contributed by atoms with Gasteiger partial charge in [-0.05, 0) is 46.5 Å². The van der Waals surface area contributed by atoms with Gasteiger partial charge in [-0.1, -0.05) is 0 Å². The molecule has 1 atom stereocenters. The molecule has 2 rings (SSSR count). The number of amides is 2. The fraction of sp³-hybridized carbons (Fsp3) is 0.882. The highest BCUT2D eigenvalue weighted by atomic mass is 16.6. The molecule has 2 amide bonds. The number of aliphatic hydroxyl groups excluding tert-OH is 1. The molecule has 0 aliphatic carbocycles. The van der Waals surface area contributed by atoms with Crippen molar-refractivity contribution in [2.45, 2.75) is 58.1 Å². The Bertz CT molecular complexity index is 454. The first kappa shape index (κ1) is 19.0. The fourth-order valence-electron chi connectivity index (χ4n) is 3.17. The van der Waals surface area contributed by atoms with Crippen molar-refractivity contribution < 1.29 is 24.2 Å². The van der Waals surface area contributed by atoms with E-state index in [0.29, 0.717) is 32.7 Å². The molecule has 1 unspecified atom stereocenters. The highest BCUT2D eigenvalue weighted by molar-refractivity contribution is 5.86. The van der Waals surface area contributed by atoms with Gasteiger partial charge in [0, 0.05) is 31.7 Å². The molecule has 2 aliphatic heterocycles. The second-order valence-electron chi connectivity index (χ2n) is 7.82. The third-order valence-electron chi connectivity index (χ3n) is 4.71. The maximum atomic E-state index is 12.6. The summed E-state index contributed by atoms with van der Waals surface area (Å²) in [6.07, 6.45) is 2.44. The maximum Gasteiger partial charge on any atom is 0.410 e. The third-order valence-corrected chi connectivity index (χ3v) is 4.71. The topological polar surface area (TPSA) is 88.1 Å². The predicted molar refractivity (Wildman–Crippen MR) is 88.5 cm³/mol. The Morgan fingerprint density at radius 2 is 2.00 bits per heavy atom. The van der Waals surface area contributed by atoms with Crippen LogP contribution < -0.4 is 5.32 Å². The van der Waals surface area contributed by atoms with Crippen molar-refractivity contribution in [2.75, 3.05) is 32.9 Å². The molecule has 2 fully saturated rings. The zero-order valence-corrected chi connectivity index (χ0v) is 15.0. The minimum Gasteiger partial charge on any atom is -0.444 e. The van der Waals surface area contributed by atoms with Crippen LogP contribution in [0.1, 0.15) is 46.5 Å². The summed E-state index contributed by atoms with van der Waals surface area (Å²) in [5.74, 6) is -0.169. The molecule has 24 heavy (non-hydrogen) atoms. The van der Waals surface area contributed by atoms with Gasteiger partial charge in [-0.2, -0.15) is 0 Å². The van der Waals surface area contributed by atoms with Crippen LogP contribution in [0.2, 0.25) is 0 Å². The number of aliphatic hydroxyl groups is 1. The second kappa shape index (κ2) is 7.70. The van der Waals surface area contributed by atoms with Crippen molar-refractivity contribution in [2.24, 2.45) is 5.41 Å². The average molecular weight is 342 g/mol. The third kappa shape index (κ3) is 4.83. The molecule has 2 N–H and O–H groups in total. The van der Waals surface area contributed by atoms with E-state index < -0.39 is 17.7 Å². The van der Waals surface area contributed by atoms with Crippen molar-refractivity contribution in [3.05, 3.63) is 0 Å². The van der Waals surface area contributed by atoms with E-state index in [0.717, 1.165) is 19.3 Å². The van der Waals surface area contributed by atoms with Gasteiger partial charge in [0.2, 0.25) is 5.91 Å². The number of nitrogens with zero attached hydrogens (tertiary/aromatic N) is 1. The van der Waals surface area contributed by atoms with E-state index in [1.165, 1.54) is 4.90 Å². The largest absolute Gasteiger partial charge is 0.444 e. The summed E-state index contributed by atoms with van der Waals surface area (Å²) in [4.78, 5) is 26.3. The average Bonchev–Trinajstić information content (AvgIpc) is 3.02. The molecule has 0 bridgehead atoms. The summed E-state index contributed by atoms with van der Waals surface area (Å²) in [7, 11) is 0.